The van der Waals surface area contributed by atoms with Gasteiger partial charge in [-0.3, -0.25) is 0 Å². The van der Waals surface area contributed by atoms with Crippen LogP contribution < -0.4 is 4.90 Å². The minimum absolute atomic E-state index is 0.0742. The summed E-state index contributed by atoms with van der Waals surface area (Å²) >= 11 is 4.88. The lowest BCUT2D eigenvalue weighted by Crippen LogP contribution is -2.27. The number of esters is 1. The Morgan fingerprint density at radius 1 is 1.32 bits per heavy atom. The number of nitrogens with zero attached hydrogens (tertiary/aromatic N) is 2. The average molecular weight is 391 g/mol. The van der Waals surface area contributed by atoms with Gasteiger partial charge in [0.05, 0.1) is 5.69 Å². The molecule has 4 nitrogen and oxygen atoms in total. The Labute approximate surface area is 160 Å². The van der Waals surface area contributed by atoms with Crippen LogP contribution in [-0.4, -0.2) is 42.1 Å². The highest BCUT2D eigenvalue weighted by molar-refractivity contribution is 8.03. The van der Waals surface area contributed by atoms with Gasteiger partial charge in [0.1, 0.15) is 17.2 Å². The quantitative estimate of drug-likeness (QED) is 0.328. The van der Waals surface area contributed by atoms with Crippen molar-refractivity contribution in [2.45, 2.75) is 11.0 Å². The number of fused-ring (bicyclic) bond motifs is 1. The van der Waals surface area contributed by atoms with Crippen LogP contribution in [0, 0.1) is 11.3 Å². The summed E-state index contributed by atoms with van der Waals surface area (Å²) in [5.74, 6) is 2.71. The smallest absolute Gasteiger partial charge is 0.351 e. The molecule has 1 aromatic carbocycles. The van der Waals surface area contributed by atoms with Crippen molar-refractivity contribution in [2.24, 2.45) is 0 Å². The number of para-hydroxylation sites is 1. The van der Waals surface area contributed by atoms with Crippen LogP contribution in [-0.2, 0) is 9.53 Å². The predicted molar refractivity (Wildman–Crippen MR) is 107 cm³/mol. The first-order valence-electron chi connectivity index (χ1n) is 7.78. The van der Waals surface area contributed by atoms with E-state index in [1.54, 1.807) is 23.5 Å². The van der Waals surface area contributed by atoms with Crippen LogP contribution in [0.5, 0.6) is 0 Å². The number of thioether (sulfide) groups is 3. The van der Waals surface area contributed by atoms with Gasteiger partial charge in [0.15, 0.2) is 5.57 Å². The molecular formula is C18H18N2O2S3. The zero-order valence-electron chi connectivity index (χ0n) is 13.9. The Morgan fingerprint density at radius 2 is 2.00 bits per heavy atom. The minimum atomic E-state index is -0.532. The topological polar surface area (TPSA) is 53.3 Å². The van der Waals surface area contributed by atoms with E-state index < -0.39 is 5.97 Å². The second-order valence-corrected chi connectivity index (χ2v) is 8.82. The van der Waals surface area contributed by atoms with Crippen LogP contribution in [0.3, 0.4) is 0 Å². The van der Waals surface area contributed by atoms with Crippen molar-refractivity contribution in [3.05, 3.63) is 47.0 Å². The summed E-state index contributed by atoms with van der Waals surface area (Å²) < 4.78 is 5.64. The fourth-order valence-electron chi connectivity index (χ4n) is 2.54. The second-order valence-electron chi connectivity index (χ2n) is 5.73. The SMILES string of the molecule is C=C1CSCC(OC(=O)/C(C#N)=C2\Sc3ccccc3N2C)CSC1. The molecule has 0 spiro atoms. The third kappa shape index (κ3) is 4.20. The molecular weight excluding hydrogens is 372 g/mol. The molecule has 3 rings (SSSR count). The maximum absolute atomic E-state index is 12.6. The summed E-state index contributed by atoms with van der Waals surface area (Å²) in [4.78, 5) is 15.5. The van der Waals surface area contributed by atoms with E-state index in [4.69, 9.17) is 4.74 Å². The van der Waals surface area contributed by atoms with Crippen LogP contribution in [0.15, 0.2) is 51.9 Å². The van der Waals surface area contributed by atoms with Crippen molar-refractivity contribution in [3.63, 3.8) is 0 Å². The maximum Gasteiger partial charge on any atom is 0.351 e. The minimum Gasteiger partial charge on any atom is -0.456 e. The van der Waals surface area contributed by atoms with Gasteiger partial charge in [-0.2, -0.15) is 28.8 Å². The summed E-state index contributed by atoms with van der Waals surface area (Å²) in [6, 6.07) is 9.90. The van der Waals surface area contributed by atoms with E-state index in [0.29, 0.717) is 5.03 Å². The van der Waals surface area contributed by atoms with E-state index in [1.807, 2.05) is 42.3 Å². The van der Waals surface area contributed by atoms with Crippen molar-refractivity contribution in [1.29, 1.82) is 5.26 Å². The first kappa shape index (κ1) is 18.3. The van der Waals surface area contributed by atoms with Crippen molar-refractivity contribution >= 4 is 46.9 Å². The van der Waals surface area contributed by atoms with E-state index in [9.17, 15) is 10.1 Å². The lowest BCUT2D eigenvalue weighted by atomic mass is 10.2. The molecule has 0 atom stereocenters. The van der Waals surface area contributed by atoms with Gasteiger partial charge >= 0.3 is 5.97 Å². The monoisotopic (exact) mass is 390 g/mol. The van der Waals surface area contributed by atoms with Crippen LogP contribution in [0.1, 0.15) is 0 Å². The molecule has 0 amide bonds. The Hall–Kier alpha value is -1.49. The van der Waals surface area contributed by atoms with Gasteiger partial charge in [-0.15, -0.1) is 0 Å². The molecule has 0 bridgehead atoms. The fraction of sp³-hybridized carbons (Fsp3) is 0.333. The van der Waals surface area contributed by atoms with Gasteiger partial charge < -0.3 is 9.64 Å². The van der Waals surface area contributed by atoms with Crippen molar-refractivity contribution in [2.75, 3.05) is 35.0 Å². The summed E-state index contributed by atoms with van der Waals surface area (Å²) in [5, 5.41) is 10.2. The number of rotatable bonds is 2. The van der Waals surface area contributed by atoms with E-state index in [0.717, 1.165) is 33.6 Å². The largest absolute Gasteiger partial charge is 0.456 e. The molecule has 0 aliphatic carbocycles. The molecule has 2 aliphatic heterocycles. The van der Waals surface area contributed by atoms with Crippen molar-refractivity contribution < 1.29 is 9.53 Å². The highest BCUT2D eigenvalue weighted by atomic mass is 32.2. The van der Waals surface area contributed by atoms with Crippen LogP contribution >= 0.6 is 35.3 Å². The average Bonchev–Trinajstić information content (AvgIpc) is 2.91. The zero-order chi connectivity index (χ0) is 17.8. The van der Waals surface area contributed by atoms with Gasteiger partial charge in [-0.05, 0) is 12.1 Å². The summed E-state index contributed by atoms with van der Waals surface area (Å²) in [7, 11) is 1.87. The highest BCUT2D eigenvalue weighted by Crippen LogP contribution is 2.46. The van der Waals surface area contributed by atoms with Crippen molar-refractivity contribution in [1.82, 2.24) is 0 Å². The molecule has 1 fully saturated rings. The molecule has 0 saturated carbocycles. The van der Waals surface area contributed by atoms with E-state index >= 15 is 0 Å². The summed E-state index contributed by atoms with van der Waals surface area (Å²) in [6.07, 6.45) is -0.182. The molecule has 1 aromatic rings. The third-order valence-corrected chi connectivity index (χ3v) is 7.44. The number of carbonyl (C=O) groups is 1. The first-order chi connectivity index (χ1) is 12.1. The van der Waals surface area contributed by atoms with Crippen LogP contribution in [0.25, 0.3) is 0 Å². The highest BCUT2D eigenvalue weighted by Gasteiger charge is 2.30. The number of anilines is 1. The molecule has 1 saturated heterocycles. The zero-order valence-corrected chi connectivity index (χ0v) is 16.3. The Bertz CT molecular complexity index is 758. The molecule has 25 heavy (non-hydrogen) atoms. The van der Waals surface area contributed by atoms with Gasteiger partial charge in [0.2, 0.25) is 0 Å². The van der Waals surface area contributed by atoms with E-state index in [1.165, 1.54) is 17.3 Å². The molecule has 0 aromatic heterocycles. The fourth-order valence-corrected chi connectivity index (χ4v) is 5.86. The van der Waals surface area contributed by atoms with Gasteiger partial charge in [-0.1, -0.05) is 36.0 Å². The summed E-state index contributed by atoms with van der Waals surface area (Å²) in [5.41, 5.74) is 2.28. The molecule has 7 heteroatoms. The molecule has 0 radical (unpaired) electrons. The van der Waals surface area contributed by atoms with E-state index in [2.05, 4.69) is 6.58 Å². The molecule has 130 valence electrons. The Morgan fingerprint density at radius 3 is 2.64 bits per heavy atom. The summed E-state index contributed by atoms with van der Waals surface area (Å²) in [6.45, 7) is 4.02. The van der Waals surface area contributed by atoms with Gasteiger partial charge in [0.25, 0.3) is 0 Å². The number of carbonyl (C=O) groups excluding carboxylic acids is 1. The third-order valence-electron chi connectivity index (χ3n) is 3.76. The predicted octanol–water partition coefficient (Wildman–Crippen LogP) is 3.91. The Balaban J connectivity index is 1.74. The lowest BCUT2D eigenvalue weighted by molar-refractivity contribution is -0.141. The van der Waals surface area contributed by atoms with Gasteiger partial charge in [-0.25, -0.2) is 4.79 Å². The normalized spacial score (nSPS) is 20.3. The number of ether oxygens (including phenoxy) is 1. The first-order valence-corrected chi connectivity index (χ1v) is 10.9. The lowest BCUT2D eigenvalue weighted by Gasteiger charge is -2.21. The maximum atomic E-state index is 12.6. The number of benzene rings is 1. The van der Waals surface area contributed by atoms with E-state index in [-0.39, 0.29) is 11.7 Å². The van der Waals surface area contributed by atoms with Crippen LogP contribution in [0.2, 0.25) is 0 Å². The number of nitriles is 1. The number of hydrogen-bond donors (Lipinski definition) is 0. The number of hydrogen-bond acceptors (Lipinski definition) is 7. The van der Waals surface area contributed by atoms with Gasteiger partial charge in [0, 0.05) is 35.0 Å². The molecule has 0 N–H and O–H groups in total. The molecule has 2 aliphatic rings. The van der Waals surface area contributed by atoms with Crippen LogP contribution in [0.4, 0.5) is 5.69 Å². The Kier molecular flexibility index (Phi) is 6.05. The standard InChI is InChI=1S/C18H18N2O2S3/c1-12-8-23-10-13(11-24-9-12)22-18(21)14(7-19)17-20(2)15-5-3-4-6-16(15)25-17/h3-6,13H,1,8-11H2,2H3/b17-14-. The molecule has 0 unspecified atom stereocenters. The van der Waals surface area contributed by atoms with Crippen molar-refractivity contribution in [3.8, 4) is 6.07 Å². The second kappa shape index (κ2) is 8.26. The molecule has 2 heterocycles.